The predicted octanol–water partition coefficient (Wildman–Crippen LogP) is 3.84. The highest BCUT2D eigenvalue weighted by Crippen LogP contribution is 2.32. The van der Waals surface area contributed by atoms with Gasteiger partial charge in [-0.15, -0.1) is 0 Å². The van der Waals surface area contributed by atoms with Crippen LogP contribution in [0.25, 0.3) is 11.4 Å². The molecule has 1 fully saturated rings. The van der Waals surface area contributed by atoms with Gasteiger partial charge < -0.3 is 19.5 Å². The number of aryl methyl sites for hydroxylation is 1. The molecule has 3 rings (SSSR count). The molecule has 1 aromatic heterocycles. The van der Waals surface area contributed by atoms with Gasteiger partial charge in [0.1, 0.15) is 17.3 Å². The van der Waals surface area contributed by atoms with Crippen LogP contribution in [0.1, 0.15) is 31.4 Å². The zero-order chi connectivity index (χ0) is 22.4. The molecule has 1 N–H and O–H groups in total. The summed E-state index contributed by atoms with van der Waals surface area (Å²) in [4.78, 5) is 21.1. The highest BCUT2D eigenvalue weighted by atomic mass is 19.1. The van der Waals surface area contributed by atoms with Crippen molar-refractivity contribution in [3.63, 3.8) is 0 Å². The number of hydrogen-bond acceptors (Lipinski definition) is 6. The third-order valence-corrected chi connectivity index (χ3v) is 5.24. The lowest BCUT2D eigenvalue weighted by Crippen LogP contribution is -2.35. The Labute approximate surface area is 180 Å². The van der Waals surface area contributed by atoms with E-state index >= 15 is 0 Å². The average molecular weight is 435 g/mol. The minimum absolute atomic E-state index is 0.0298. The molecule has 0 bridgehead atoms. The van der Waals surface area contributed by atoms with Crippen molar-refractivity contribution >= 4 is 11.7 Å². The van der Waals surface area contributed by atoms with E-state index in [4.69, 9.17) is 14.6 Å². The van der Waals surface area contributed by atoms with Crippen LogP contribution in [0, 0.1) is 24.5 Å². The number of carboxylic acid groups (broad SMARTS) is 1. The summed E-state index contributed by atoms with van der Waals surface area (Å²) in [5.41, 5.74) is 0.753. The van der Waals surface area contributed by atoms with Crippen molar-refractivity contribution in [3.05, 3.63) is 35.5 Å². The van der Waals surface area contributed by atoms with E-state index in [-0.39, 0.29) is 29.4 Å². The summed E-state index contributed by atoms with van der Waals surface area (Å²) in [6.45, 7) is 3.54. The number of halogens is 2. The van der Waals surface area contributed by atoms with Crippen molar-refractivity contribution in [3.8, 4) is 17.3 Å². The molecule has 1 saturated heterocycles. The maximum absolute atomic E-state index is 14.9. The molecule has 0 unspecified atom stereocenters. The van der Waals surface area contributed by atoms with Gasteiger partial charge >= 0.3 is 5.97 Å². The van der Waals surface area contributed by atoms with E-state index in [1.165, 1.54) is 12.1 Å². The lowest BCUT2D eigenvalue weighted by Gasteiger charge is -2.33. The van der Waals surface area contributed by atoms with Crippen LogP contribution in [-0.2, 0) is 9.53 Å². The van der Waals surface area contributed by atoms with Crippen LogP contribution in [0.3, 0.4) is 0 Å². The molecular formula is C22H27F2N3O4. The molecule has 31 heavy (non-hydrogen) atoms. The van der Waals surface area contributed by atoms with E-state index in [0.717, 1.165) is 0 Å². The first-order valence-electron chi connectivity index (χ1n) is 10.3. The smallest absolute Gasteiger partial charge is 0.303 e. The quantitative estimate of drug-likeness (QED) is 0.599. The molecule has 0 atom stereocenters. The number of benzene rings is 1. The van der Waals surface area contributed by atoms with Gasteiger partial charge in [0.15, 0.2) is 5.82 Å². The van der Waals surface area contributed by atoms with Crippen LogP contribution in [0.15, 0.2) is 18.2 Å². The Balaban J connectivity index is 1.76. The molecule has 1 aromatic carbocycles. The standard InChI is InChI=1S/C22H27F2N3O4/c1-14-10-19(31-9-3-8-30-2)26-22(25-14)16-12-17(23)21(18(24)13-16)27-6-4-15(5-7-27)11-20(28)29/h10,12-13,15H,3-9,11H2,1-2H3,(H,28,29). The van der Waals surface area contributed by atoms with Crippen LogP contribution in [0.2, 0.25) is 0 Å². The molecule has 1 aliphatic heterocycles. The van der Waals surface area contributed by atoms with Crippen LogP contribution < -0.4 is 9.64 Å². The number of carboxylic acids is 1. The number of rotatable bonds is 9. The van der Waals surface area contributed by atoms with Gasteiger partial charge in [-0.3, -0.25) is 4.79 Å². The number of ether oxygens (including phenoxy) is 2. The molecule has 2 heterocycles. The Morgan fingerprint density at radius 1 is 1.16 bits per heavy atom. The molecule has 0 aliphatic carbocycles. The predicted molar refractivity (Wildman–Crippen MR) is 111 cm³/mol. The molecule has 9 heteroatoms. The van der Waals surface area contributed by atoms with Gasteiger partial charge in [0, 0.05) is 57.0 Å². The second-order valence-corrected chi connectivity index (χ2v) is 7.68. The largest absolute Gasteiger partial charge is 0.481 e. The summed E-state index contributed by atoms with van der Waals surface area (Å²) in [5, 5.41) is 8.93. The summed E-state index contributed by atoms with van der Waals surface area (Å²) in [6.07, 6.45) is 1.93. The van der Waals surface area contributed by atoms with Crippen molar-refractivity contribution in [1.82, 2.24) is 9.97 Å². The van der Waals surface area contributed by atoms with E-state index in [1.807, 2.05) is 0 Å². The molecule has 168 valence electrons. The Morgan fingerprint density at radius 3 is 2.45 bits per heavy atom. The van der Waals surface area contributed by atoms with Crippen LogP contribution in [0.4, 0.5) is 14.5 Å². The number of carbonyl (C=O) groups is 1. The number of piperidine rings is 1. The van der Waals surface area contributed by atoms with E-state index < -0.39 is 17.6 Å². The third kappa shape index (κ3) is 6.10. The zero-order valence-corrected chi connectivity index (χ0v) is 17.7. The Morgan fingerprint density at radius 2 is 1.84 bits per heavy atom. The van der Waals surface area contributed by atoms with E-state index in [2.05, 4.69) is 9.97 Å². The Hall–Kier alpha value is -2.81. The second-order valence-electron chi connectivity index (χ2n) is 7.68. The van der Waals surface area contributed by atoms with Gasteiger partial charge in [0.25, 0.3) is 0 Å². The SMILES string of the molecule is COCCCOc1cc(C)nc(-c2cc(F)c(N3CCC(CC(=O)O)CC3)c(F)c2)n1. The number of hydrogen-bond donors (Lipinski definition) is 1. The fourth-order valence-corrected chi connectivity index (χ4v) is 3.73. The monoisotopic (exact) mass is 435 g/mol. The lowest BCUT2D eigenvalue weighted by molar-refractivity contribution is -0.138. The van der Waals surface area contributed by atoms with Gasteiger partial charge in [-0.2, -0.15) is 4.98 Å². The second kappa shape index (κ2) is 10.5. The van der Waals surface area contributed by atoms with Crippen molar-refractivity contribution in [2.45, 2.75) is 32.6 Å². The number of methoxy groups -OCH3 is 1. The minimum Gasteiger partial charge on any atom is -0.481 e. The van der Waals surface area contributed by atoms with Crippen LogP contribution in [0.5, 0.6) is 5.88 Å². The van der Waals surface area contributed by atoms with Gasteiger partial charge in [-0.25, -0.2) is 13.8 Å². The Kier molecular flexibility index (Phi) is 7.73. The summed E-state index contributed by atoms with van der Waals surface area (Å²) < 4.78 is 40.4. The van der Waals surface area contributed by atoms with Crippen LogP contribution in [-0.4, -0.2) is 54.5 Å². The fourth-order valence-electron chi connectivity index (χ4n) is 3.73. The van der Waals surface area contributed by atoms with Gasteiger partial charge in [-0.1, -0.05) is 0 Å². The molecule has 1 aliphatic rings. The number of aliphatic carboxylic acids is 1. The number of aromatic nitrogens is 2. The summed E-state index contributed by atoms with van der Waals surface area (Å²) in [5.74, 6) is -1.68. The molecule has 2 aromatic rings. The number of anilines is 1. The molecule has 0 spiro atoms. The maximum atomic E-state index is 14.9. The van der Waals surface area contributed by atoms with Crippen molar-refractivity contribution in [2.75, 3.05) is 38.3 Å². The summed E-state index contributed by atoms with van der Waals surface area (Å²) in [7, 11) is 1.61. The first kappa shape index (κ1) is 22.9. The van der Waals surface area contributed by atoms with E-state index in [0.29, 0.717) is 57.1 Å². The highest BCUT2D eigenvalue weighted by Gasteiger charge is 2.26. The third-order valence-electron chi connectivity index (χ3n) is 5.24. The first-order valence-corrected chi connectivity index (χ1v) is 10.3. The van der Waals surface area contributed by atoms with Crippen LogP contribution >= 0.6 is 0 Å². The topological polar surface area (TPSA) is 84.8 Å². The normalized spacial score (nSPS) is 14.6. The van der Waals surface area contributed by atoms with Crippen molar-refractivity contribution in [1.29, 1.82) is 0 Å². The average Bonchev–Trinajstić information content (AvgIpc) is 2.71. The molecular weight excluding hydrogens is 408 g/mol. The number of nitrogens with zero attached hydrogens (tertiary/aromatic N) is 3. The van der Waals surface area contributed by atoms with Gasteiger partial charge in [0.2, 0.25) is 5.88 Å². The fraction of sp³-hybridized carbons (Fsp3) is 0.500. The highest BCUT2D eigenvalue weighted by molar-refractivity contribution is 5.67. The van der Waals surface area contributed by atoms with Crippen molar-refractivity contribution in [2.24, 2.45) is 5.92 Å². The van der Waals surface area contributed by atoms with E-state index in [9.17, 15) is 13.6 Å². The Bertz CT molecular complexity index is 895. The molecule has 0 amide bonds. The molecule has 7 nitrogen and oxygen atoms in total. The summed E-state index contributed by atoms with van der Waals surface area (Å²) >= 11 is 0. The maximum Gasteiger partial charge on any atom is 0.303 e. The molecule has 0 radical (unpaired) electrons. The minimum atomic E-state index is -0.847. The van der Waals surface area contributed by atoms with Crippen molar-refractivity contribution < 1.29 is 28.2 Å². The van der Waals surface area contributed by atoms with E-state index in [1.54, 1.807) is 25.0 Å². The first-order chi connectivity index (χ1) is 14.9. The van der Waals surface area contributed by atoms with Gasteiger partial charge in [-0.05, 0) is 37.8 Å². The molecule has 0 saturated carbocycles. The summed E-state index contributed by atoms with van der Waals surface area (Å²) in [6, 6.07) is 4.12. The van der Waals surface area contributed by atoms with Gasteiger partial charge in [0.05, 0.1) is 6.61 Å². The lowest BCUT2D eigenvalue weighted by atomic mass is 9.93. The zero-order valence-electron chi connectivity index (χ0n) is 17.7.